The van der Waals surface area contributed by atoms with Gasteiger partial charge in [0.05, 0.1) is 19.2 Å². The van der Waals surface area contributed by atoms with Crippen LogP contribution < -0.4 is 16.4 Å². The molecule has 8 heteroatoms. The summed E-state index contributed by atoms with van der Waals surface area (Å²) in [5.74, 6) is -0.885. The van der Waals surface area contributed by atoms with Gasteiger partial charge in [0.2, 0.25) is 11.8 Å². The second-order valence-corrected chi connectivity index (χ2v) is 4.75. The fourth-order valence-electron chi connectivity index (χ4n) is 1.46. The Morgan fingerprint density at radius 1 is 1.20 bits per heavy atom. The van der Waals surface area contributed by atoms with Gasteiger partial charge in [0.15, 0.2) is 0 Å². The van der Waals surface area contributed by atoms with Gasteiger partial charge < -0.3 is 21.5 Å². The third-order valence-electron chi connectivity index (χ3n) is 2.46. The van der Waals surface area contributed by atoms with Crippen LogP contribution in [0.1, 0.15) is 11.7 Å². The van der Waals surface area contributed by atoms with E-state index < -0.39 is 17.9 Å². The standard InChI is InChI=1S/C12H15Cl2N3O3/c13-7-2-1-3-8(14)12(7)9(18)5-16-11(20)6-17-10(19)4-15/h1-3,9,18H,4-6,15H2,(H,16,20)(H,17,19). The van der Waals surface area contributed by atoms with Gasteiger partial charge >= 0.3 is 0 Å². The molecule has 2 amide bonds. The van der Waals surface area contributed by atoms with E-state index in [2.05, 4.69) is 10.6 Å². The van der Waals surface area contributed by atoms with E-state index in [1.165, 1.54) is 0 Å². The van der Waals surface area contributed by atoms with Gasteiger partial charge in [-0.15, -0.1) is 0 Å². The molecule has 0 bridgehead atoms. The van der Waals surface area contributed by atoms with Crippen LogP contribution in [0.5, 0.6) is 0 Å². The lowest BCUT2D eigenvalue weighted by Crippen LogP contribution is -2.40. The maximum absolute atomic E-state index is 11.4. The molecule has 5 N–H and O–H groups in total. The average molecular weight is 320 g/mol. The Balaban J connectivity index is 2.49. The molecule has 0 radical (unpaired) electrons. The molecule has 6 nitrogen and oxygen atoms in total. The van der Waals surface area contributed by atoms with Gasteiger partial charge in [-0.2, -0.15) is 0 Å². The summed E-state index contributed by atoms with van der Waals surface area (Å²) in [6.45, 7) is -0.467. The third-order valence-corrected chi connectivity index (χ3v) is 3.12. The second-order valence-electron chi connectivity index (χ2n) is 3.94. The maximum atomic E-state index is 11.4. The highest BCUT2D eigenvalue weighted by molar-refractivity contribution is 6.36. The first-order chi connectivity index (χ1) is 9.45. The first kappa shape index (κ1) is 16.7. The molecular formula is C12H15Cl2N3O3. The summed E-state index contributed by atoms with van der Waals surface area (Å²) in [5.41, 5.74) is 5.43. The van der Waals surface area contributed by atoms with Gasteiger partial charge in [0.25, 0.3) is 0 Å². The summed E-state index contributed by atoms with van der Waals surface area (Å²) in [6, 6.07) is 4.84. The molecule has 0 aliphatic heterocycles. The number of aliphatic hydroxyl groups is 1. The van der Waals surface area contributed by atoms with Crippen molar-refractivity contribution in [1.29, 1.82) is 0 Å². The largest absolute Gasteiger partial charge is 0.386 e. The van der Waals surface area contributed by atoms with Gasteiger partial charge in [-0.05, 0) is 12.1 Å². The van der Waals surface area contributed by atoms with Crippen LogP contribution in [0.2, 0.25) is 10.0 Å². The van der Waals surface area contributed by atoms with E-state index in [1.54, 1.807) is 18.2 Å². The molecule has 1 rings (SSSR count). The number of hydrogen-bond acceptors (Lipinski definition) is 4. The molecule has 0 heterocycles. The van der Waals surface area contributed by atoms with Crippen LogP contribution in [0.4, 0.5) is 0 Å². The summed E-state index contributed by atoms with van der Waals surface area (Å²) in [5, 5.41) is 15.4. The molecule has 0 aromatic heterocycles. The van der Waals surface area contributed by atoms with Crippen molar-refractivity contribution in [2.24, 2.45) is 5.73 Å². The zero-order valence-electron chi connectivity index (χ0n) is 10.5. The lowest BCUT2D eigenvalue weighted by atomic mass is 10.1. The van der Waals surface area contributed by atoms with Crippen molar-refractivity contribution in [2.45, 2.75) is 6.10 Å². The van der Waals surface area contributed by atoms with E-state index >= 15 is 0 Å². The highest BCUT2D eigenvalue weighted by atomic mass is 35.5. The molecule has 20 heavy (non-hydrogen) atoms. The molecule has 0 aliphatic carbocycles. The Hall–Kier alpha value is -1.34. The third kappa shape index (κ3) is 4.97. The van der Waals surface area contributed by atoms with Crippen molar-refractivity contribution < 1.29 is 14.7 Å². The minimum Gasteiger partial charge on any atom is -0.386 e. The van der Waals surface area contributed by atoms with Crippen LogP contribution in [0, 0.1) is 0 Å². The summed E-state index contributed by atoms with van der Waals surface area (Å²) in [6.07, 6.45) is -1.04. The molecule has 1 aromatic rings. The Bertz CT molecular complexity index is 477. The maximum Gasteiger partial charge on any atom is 0.239 e. The molecule has 0 fully saturated rings. The Morgan fingerprint density at radius 3 is 2.35 bits per heavy atom. The fraction of sp³-hybridized carbons (Fsp3) is 0.333. The number of benzene rings is 1. The van der Waals surface area contributed by atoms with E-state index in [1.807, 2.05) is 0 Å². The second kappa shape index (κ2) is 8.06. The van der Waals surface area contributed by atoms with Crippen LogP contribution in [-0.2, 0) is 9.59 Å². The van der Waals surface area contributed by atoms with Gasteiger partial charge in [-0.3, -0.25) is 9.59 Å². The SMILES string of the molecule is NCC(=O)NCC(=O)NCC(O)c1c(Cl)cccc1Cl. The van der Waals surface area contributed by atoms with E-state index in [0.717, 1.165) is 0 Å². The topological polar surface area (TPSA) is 104 Å². The zero-order valence-corrected chi connectivity index (χ0v) is 12.0. The van der Waals surface area contributed by atoms with Gasteiger partial charge in [-0.25, -0.2) is 0 Å². The van der Waals surface area contributed by atoms with E-state index in [4.69, 9.17) is 28.9 Å². The van der Waals surface area contributed by atoms with Crippen LogP contribution in [0.3, 0.4) is 0 Å². The summed E-state index contributed by atoms with van der Waals surface area (Å²) < 4.78 is 0. The number of carbonyl (C=O) groups excluding carboxylic acids is 2. The zero-order chi connectivity index (χ0) is 15.1. The first-order valence-electron chi connectivity index (χ1n) is 5.81. The van der Waals surface area contributed by atoms with Crippen LogP contribution in [0.25, 0.3) is 0 Å². The molecule has 0 spiro atoms. The number of carbonyl (C=O) groups is 2. The minimum atomic E-state index is -1.04. The van der Waals surface area contributed by atoms with E-state index in [9.17, 15) is 14.7 Å². The van der Waals surface area contributed by atoms with Crippen molar-refractivity contribution in [1.82, 2.24) is 10.6 Å². The lowest BCUT2D eigenvalue weighted by Gasteiger charge is -2.15. The number of nitrogens with two attached hydrogens (primary N) is 1. The van der Waals surface area contributed by atoms with Gasteiger partial charge in [0.1, 0.15) is 0 Å². The van der Waals surface area contributed by atoms with Crippen molar-refractivity contribution >= 4 is 35.0 Å². The molecule has 0 saturated heterocycles. The first-order valence-corrected chi connectivity index (χ1v) is 6.56. The quantitative estimate of drug-likeness (QED) is 0.602. The van der Waals surface area contributed by atoms with Crippen molar-refractivity contribution in [3.63, 3.8) is 0 Å². The molecule has 1 aromatic carbocycles. The molecule has 0 saturated carbocycles. The minimum absolute atomic E-state index is 0.0687. The average Bonchev–Trinajstić information content (AvgIpc) is 2.42. The summed E-state index contributed by atoms with van der Waals surface area (Å²) in [7, 11) is 0. The fourth-order valence-corrected chi connectivity index (χ4v) is 2.10. The Kier molecular flexibility index (Phi) is 6.74. The number of halogens is 2. The summed E-state index contributed by atoms with van der Waals surface area (Å²) >= 11 is 11.9. The van der Waals surface area contributed by atoms with Gasteiger partial charge in [0, 0.05) is 22.2 Å². The lowest BCUT2D eigenvalue weighted by molar-refractivity contribution is -0.125. The molecule has 110 valence electrons. The number of amides is 2. The van der Waals surface area contributed by atoms with Crippen molar-refractivity contribution in [3.8, 4) is 0 Å². The molecule has 1 atom stereocenters. The number of hydrogen-bond donors (Lipinski definition) is 4. The highest BCUT2D eigenvalue weighted by Gasteiger charge is 2.16. The predicted octanol–water partition coefficient (Wildman–Crippen LogP) is 0.218. The molecule has 0 aliphatic rings. The van der Waals surface area contributed by atoms with E-state index in [0.29, 0.717) is 15.6 Å². The molecule has 1 unspecified atom stereocenters. The van der Waals surface area contributed by atoms with Crippen molar-refractivity contribution in [3.05, 3.63) is 33.8 Å². The van der Waals surface area contributed by atoms with E-state index in [-0.39, 0.29) is 19.6 Å². The van der Waals surface area contributed by atoms with Gasteiger partial charge in [-0.1, -0.05) is 29.3 Å². The predicted molar refractivity (Wildman–Crippen MR) is 76.5 cm³/mol. The normalized spacial score (nSPS) is 11.8. The van der Waals surface area contributed by atoms with Crippen molar-refractivity contribution in [2.75, 3.05) is 19.6 Å². The number of nitrogens with one attached hydrogen (secondary N) is 2. The smallest absolute Gasteiger partial charge is 0.239 e. The Morgan fingerprint density at radius 2 is 1.80 bits per heavy atom. The van der Waals surface area contributed by atoms with Crippen LogP contribution >= 0.6 is 23.2 Å². The number of aliphatic hydroxyl groups excluding tert-OH is 1. The summed E-state index contributed by atoms with van der Waals surface area (Å²) in [4.78, 5) is 22.3. The number of rotatable bonds is 6. The highest BCUT2D eigenvalue weighted by Crippen LogP contribution is 2.29. The Labute approximate surface area is 126 Å². The monoisotopic (exact) mass is 319 g/mol. The van der Waals surface area contributed by atoms with Crippen LogP contribution in [0.15, 0.2) is 18.2 Å². The van der Waals surface area contributed by atoms with Crippen LogP contribution in [-0.4, -0.2) is 36.6 Å². The molecular weight excluding hydrogens is 305 g/mol.